The lowest BCUT2D eigenvalue weighted by Gasteiger charge is -2.12. The number of H-pyrrole nitrogens is 1. The highest BCUT2D eigenvalue weighted by molar-refractivity contribution is 7.91. The maximum atomic E-state index is 12.6. The van der Waals surface area contributed by atoms with Crippen molar-refractivity contribution in [1.29, 1.82) is 0 Å². The lowest BCUT2D eigenvalue weighted by atomic mass is 9.95. The van der Waals surface area contributed by atoms with Crippen molar-refractivity contribution in [3.05, 3.63) is 47.2 Å². The summed E-state index contributed by atoms with van der Waals surface area (Å²) in [5, 5.41) is 0.0426. The minimum absolute atomic E-state index is 0.0426. The number of aromatic amines is 1. The second-order valence-corrected chi connectivity index (χ2v) is 7.00. The Morgan fingerprint density at radius 1 is 1.10 bits per heavy atom. The van der Waals surface area contributed by atoms with Crippen molar-refractivity contribution >= 4 is 15.6 Å². The smallest absolute Gasteiger partial charge is 0.222 e. The fourth-order valence-corrected chi connectivity index (χ4v) is 4.02. The first-order valence-corrected chi connectivity index (χ1v) is 8.03. The van der Waals surface area contributed by atoms with Crippen LogP contribution in [0.3, 0.4) is 0 Å². The molecule has 20 heavy (non-hydrogen) atoms. The second kappa shape index (κ2) is 4.59. The number of fused-ring (bicyclic) bond motifs is 1. The number of ketones is 1. The van der Waals surface area contributed by atoms with Crippen LogP contribution in [0.25, 0.3) is 0 Å². The summed E-state index contributed by atoms with van der Waals surface area (Å²) in [5.41, 5.74) is 2.16. The van der Waals surface area contributed by atoms with Crippen LogP contribution in [-0.4, -0.2) is 19.2 Å². The molecule has 104 valence electrons. The Kier molecular flexibility index (Phi) is 3.01. The van der Waals surface area contributed by atoms with Crippen molar-refractivity contribution in [2.75, 3.05) is 0 Å². The normalized spacial score (nSPS) is 15.2. The van der Waals surface area contributed by atoms with E-state index in [1.54, 1.807) is 30.5 Å². The number of rotatable bonds is 2. The van der Waals surface area contributed by atoms with Crippen LogP contribution in [-0.2, 0) is 16.3 Å². The first-order valence-electron chi connectivity index (χ1n) is 6.55. The molecule has 0 aliphatic heterocycles. The molecule has 0 atom stereocenters. The molecule has 0 unspecified atom stereocenters. The van der Waals surface area contributed by atoms with Crippen molar-refractivity contribution < 1.29 is 13.2 Å². The molecule has 4 nitrogen and oxygen atoms in total. The Labute approximate surface area is 117 Å². The van der Waals surface area contributed by atoms with Gasteiger partial charge >= 0.3 is 0 Å². The van der Waals surface area contributed by atoms with Gasteiger partial charge in [0.15, 0.2) is 5.78 Å². The molecule has 1 aromatic carbocycles. The summed E-state index contributed by atoms with van der Waals surface area (Å²) in [6.45, 7) is 1.90. The molecule has 1 aliphatic rings. The third-order valence-electron chi connectivity index (χ3n) is 3.65. The lowest BCUT2D eigenvalue weighted by Crippen LogP contribution is -2.14. The summed E-state index contributed by atoms with van der Waals surface area (Å²) in [4.78, 5) is 15.0. The zero-order valence-corrected chi connectivity index (χ0v) is 12.0. The van der Waals surface area contributed by atoms with Gasteiger partial charge in [0.25, 0.3) is 0 Å². The fraction of sp³-hybridized carbons (Fsp3) is 0.267. The maximum Gasteiger partial charge on any atom is 0.222 e. The highest BCUT2D eigenvalue weighted by atomic mass is 32.2. The number of hydrogen-bond acceptors (Lipinski definition) is 3. The number of nitrogens with one attached hydrogen (secondary N) is 1. The average molecular weight is 289 g/mol. The van der Waals surface area contributed by atoms with E-state index in [4.69, 9.17) is 0 Å². The van der Waals surface area contributed by atoms with E-state index in [1.807, 2.05) is 6.92 Å². The predicted molar refractivity (Wildman–Crippen MR) is 74.7 cm³/mol. The van der Waals surface area contributed by atoms with Crippen LogP contribution in [0.5, 0.6) is 0 Å². The molecule has 0 saturated heterocycles. The van der Waals surface area contributed by atoms with Gasteiger partial charge in [-0.2, -0.15) is 0 Å². The Hall–Kier alpha value is -1.88. The predicted octanol–water partition coefficient (Wildman–Crippen LogP) is 2.67. The third-order valence-corrected chi connectivity index (χ3v) is 5.41. The SMILES string of the molecule is Cc1ccc(S(=O)(=O)c2[nH]cc3c2C(=O)CCC3)cc1. The number of hydrogen-bond donors (Lipinski definition) is 1. The third kappa shape index (κ3) is 1.98. The number of sulfone groups is 1. The Morgan fingerprint density at radius 2 is 1.80 bits per heavy atom. The summed E-state index contributed by atoms with van der Waals surface area (Å²) < 4.78 is 25.3. The van der Waals surface area contributed by atoms with Crippen LogP contribution < -0.4 is 0 Å². The van der Waals surface area contributed by atoms with Gasteiger partial charge in [0.05, 0.1) is 10.5 Å². The molecule has 3 rings (SSSR count). The molecule has 0 radical (unpaired) electrons. The van der Waals surface area contributed by atoms with Crippen molar-refractivity contribution in [3.8, 4) is 0 Å². The molecule has 1 N–H and O–H groups in total. The van der Waals surface area contributed by atoms with Gasteiger partial charge in [-0.05, 0) is 37.5 Å². The standard InChI is InChI=1S/C15H15NO3S/c1-10-5-7-12(8-6-10)20(18,19)15-14-11(9-16-15)3-2-4-13(14)17/h5-9,16H,2-4H2,1H3. The summed E-state index contributed by atoms with van der Waals surface area (Å²) in [7, 11) is -3.66. The van der Waals surface area contributed by atoms with E-state index in [0.717, 1.165) is 24.0 Å². The molecule has 1 aliphatic carbocycles. The molecule has 2 aromatic rings. The van der Waals surface area contributed by atoms with Gasteiger partial charge in [-0.3, -0.25) is 4.79 Å². The lowest BCUT2D eigenvalue weighted by molar-refractivity contribution is 0.0969. The largest absolute Gasteiger partial charge is 0.351 e. The van der Waals surface area contributed by atoms with E-state index in [2.05, 4.69) is 4.98 Å². The van der Waals surface area contributed by atoms with Gasteiger partial charge in [-0.25, -0.2) is 8.42 Å². The fourth-order valence-electron chi connectivity index (χ4n) is 2.56. The Balaban J connectivity index is 2.15. The van der Waals surface area contributed by atoms with Gasteiger partial charge in [0, 0.05) is 12.6 Å². The minimum atomic E-state index is -3.66. The van der Waals surface area contributed by atoms with E-state index in [1.165, 1.54) is 0 Å². The monoisotopic (exact) mass is 289 g/mol. The average Bonchev–Trinajstić information content (AvgIpc) is 2.85. The molecule has 0 spiro atoms. The van der Waals surface area contributed by atoms with E-state index in [9.17, 15) is 13.2 Å². The second-order valence-electron chi connectivity index (χ2n) is 5.11. The maximum absolute atomic E-state index is 12.6. The number of carbonyl (C=O) groups excluding carboxylic acids is 1. The highest BCUT2D eigenvalue weighted by Gasteiger charge is 2.30. The molecular formula is C15H15NO3S. The van der Waals surface area contributed by atoms with Gasteiger partial charge in [0.1, 0.15) is 5.03 Å². The number of carbonyl (C=O) groups is 1. The first-order chi connectivity index (χ1) is 9.50. The van der Waals surface area contributed by atoms with E-state index in [0.29, 0.717) is 12.0 Å². The van der Waals surface area contributed by atoms with Gasteiger partial charge < -0.3 is 4.98 Å². The van der Waals surface area contributed by atoms with Crippen LogP contribution in [0.2, 0.25) is 0 Å². The van der Waals surface area contributed by atoms with Gasteiger partial charge in [-0.15, -0.1) is 0 Å². The zero-order valence-electron chi connectivity index (χ0n) is 11.1. The Bertz CT molecular complexity index is 770. The van der Waals surface area contributed by atoms with Crippen molar-refractivity contribution in [2.24, 2.45) is 0 Å². The van der Waals surface area contributed by atoms with E-state index >= 15 is 0 Å². The number of aromatic nitrogens is 1. The topological polar surface area (TPSA) is 67.0 Å². The van der Waals surface area contributed by atoms with Crippen LogP contribution in [0.4, 0.5) is 0 Å². The van der Waals surface area contributed by atoms with Crippen molar-refractivity contribution in [3.63, 3.8) is 0 Å². The van der Waals surface area contributed by atoms with Crippen LogP contribution in [0.15, 0.2) is 40.4 Å². The van der Waals surface area contributed by atoms with Gasteiger partial charge in [0.2, 0.25) is 9.84 Å². The van der Waals surface area contributed by atoms with Crippen molar-refractivity contribution in [2.45, 2.75) is 36.1 Å². The van der Waals surface area contributed by atoms with Crippen molar-refractivity contribution in [1.82, 2.24) is 4.98 Å². The molecular weight excluding hydrogens is 274 g/mol. The molecule has 0 amide bonds. The molecule has 5 heteroatoms. The summed E-state index contributed by atoms with van der Waals surface area (Å²) >= 11 is 0. The summed E-state index contributed by atoms with van der Waals surface area (Å²) in [5.74, 6) is -0.0850. The van der Waals surface area contributed by atoms with Crippen LogP contribution in [0, 0.1) is 6.92 Å². The van der Waals surface area contributed by atoms with Crippen LogP contribution >= 0.6 is 0 Å². The van der Waals surface area contributed by atoms with Crippen LogP contribution in [0.1, 0.15) is 34.3 Å². The molecule has 1 aromatic heterocycles. The highest BCUT2D eigenvalue weighted by Crippen LogP contribution is 2.30. The minimum Gasteiger partial charge on any atom is -0.351 e. The van der Waals surface area contributed by atoms with Gasteiger partial charge in [-0.1, -0.05) is 17.7 Å². The summed E-state index contributed by atoms with van der Waals surface area (Å²) in [6.07, 6.45) is 3.60. The number of aryl methyl sites for hydroxylation is 2. The Morgan fingerprint density at radius 3 is 2.50 bits per heavy atom. The molecule has 0 bridgehead atoms. The summed E-state index contributed by atoms with van der Waals surface area (Å²) in [6, 6.07) is 6.66. The molecule has 1 heterocycles. The number of benzene rings is 1. The zero-order chi connectivity index (χ0) is 14.3. The quantitative estimate of drug-likeness (QED) is 0.924. The molecule has 0 saturated carbocycles. The first kappa shape index (κ1) is 13.1. The van der Waals surface area contributed by atoms with E-state index in [-0.39, 0.29) is 15.7 Å². The number of Topliss-reactive ketones (excluding diaryl/α,β-unsaturated/α-hetero) is 1. The van der Waals surface area contributed by atoms with E-state index < -0.39 is 9.84 Å². The molecule has 0 fully saturated rings.